The number of aromatic amines is 1. The Morgan fingerprint density at radius 1 is 0.969 bits per heavy atom. The maximum Gasteiger partial charge on any atom is 0.267 e. The third-order valence-corrected chi connectivity index (χ3v) is 8.08. The standard InChI is InChI=1S/C25H23FN2O3S/c1-15-7-13-19(14-8-15)32(30,31)28-24-23(20-5-3-4-6-21(20)27-24)22(16(2)25(28)29)17-9-11-18(26)12-10-17/h3-14,16,22,25,27,29H,1-2H3/t16-,22+,25-/m1/s1. The lowest BCUT2D eigenvalue weighted by Crippen LogP contribution is -2.49. The number of nitrogens with one attached hydrogen (secondary N) is 1. The van der Waals surface area contributed by atoms with Gasteiger partial charge < -0.3 is 10.1 Å². The highest BCUT2D eigenvalue weighted by atomic mass is 32.2. The van der Waals surface area contributed by atoms with Crippen LogP contribution in [0.1, 0.15) is 29.5 Å². The molecule has 5 nitrogen and oxygen atoms in total. The van der Waals surface area contributed by atoms with E-state index in [-0.39, 0.29) is 16.6 Å². The van der Waals surface area contributed by atoms with E-state index in [1.54, 1.807) is 36.4 Å². The minimum absolute atomic E-state index is 0.110. The number of H-pyrrole nitrogens is 1. The van der Waals surface area contributed by atoms with Crippen molar-refractivity contribution in [3.63, 3.8) is 0 Å². The molecule has 0 radical (unpaired) electrons. The van der Waals surface area contributed by atoms with Crippen LogP contribution in [0.2, 0.25) is 0 Å². The minimum Gasteiger partial charge on any atom is -0.372 e. The highest BCUT2D eigenvalue weighted by molar-refractivity contribution is 7.92. The van der Waals surface area contributed by atoms with Crippen LogP contribution < -0.4 is 4.31 Å². The Bertz CT molecular complexity index is 1400. The first-order chi connectivity index (χ1) is 15.3. The number of rotatable bonds is 3. The summed E-state index contributed by atoms with van der Waals surface area (Å²) in [7, 11) is -4.04. The number of benzene rings is 3. The zero-order valence-corrected chi connectivity index (χ0v) is 18.5. The number of aliphatic hydroxyl groups is 1. The molecule has 1 aliphatic rings. The van der Waals surface area contributed by atoms with Crippen LogP contribution in [0.25, 0.3) is 10.9 Å². The summed E-state index contributed by atoms with van der Waals surface area (Å²) in [5, 5.41) is 12.2. The van der Waals surface area contributed by atoms with E-state index in [9.17, 15) is 17.9 Å². The largest absolute Gasteiger partial charge is 0.372 e. The van der Waals surface area contributed by atoms with Gasteiger partial charge in [0, 0.05) is 28.3 Å². The molecule has 0 bridgehead atoms. The molecule has 4 aromatic rings. The molecule has 0 aliphatic carbocycles. The van der Waals surface area contributed by atoms with Crippen LogP contribution in [0.4, 0.5) is 10.2 Å². The lowest BCUT2D eigenvalue weighted by molar-refractivity contribution is 0.112. The zero-order valence-electron chi connectivity index (χ0n) is 17.7. The summed E-state index contributed by atoms with van der Waals surface area (Å²) >= 11 is 0. The number of aliphatic hydroxyl groups excluding tert-OH is 1. The molecule has 164 valence electrons. The number of aryl methyl sites for hydroxylation is 1. The molecule has 3 atom stereocenters. The molecule has 0 fully saturated rings. The van der Waals surface area contributed by atoms with E-state index < -0.39 is 22.2 Å². The summed E-state index contributed by atoms with van der Waals surface area (Å²) in [6, 6.07) is 20.3. The second-order valence-corrected chi connectivity index (χ2v) is 10.2. The molecule has 0 saturated heterocycles. The van der Waals surface area contributed by atoms with Crippen LogP contribution in [0.3, 0.4) is 0 Å². The van der Waals surface area contributed by atoms with Crippen molar-refractivity contribution in [2.24, 2.45) is 5.92 Å². The fourth-order valence-electron chi connectivity index (χ4n) is 4.65. The minimum atomic E-state index is -4.04. The molecule has 3 aromatic carbocycles. The van der Waals surface area contributed by atoms with E-state index in [4.69, 9.17) is 0 Å². The Labute approximate surface area is 186 Å². The van der Waals surface area contributed by atoms with Gasteiger partial charge in [-0.05, 0) is 42.8 Å². The van der Waals surface area contributed by atoms with Gasteiger partial charge in [-0.3, -0.25) is 0 Å². The number of nitrogens with zero attached hydrogens (tertiary/aromatic N) is 1. The third kappa shape index (κ3) is 3.12. The number of para-hydroxylation sites is 1. The van der Waals surface area contributed by atoms with Crippen LogP contribution in [-0.4, -0.2) is 24.7 Å². The maximum absolute atomic E-state index is 13.7. The van der Waals surface area contributed by atoms with E-state index in [0.29, 0.717) is 5.82 Å². The topological polar surface area (TPSA) is 73.4 Å². The fraction of sp³-hybridized carbons (Fsp3) is 0.200. The van der Waals surface area contributed by atoms with Crippen molar-refractivity contribution in [3.05, 3.63) is 95.3 Å². The molecule has 5 rings (SSSR count). The molecule has 0 saturated carbocycles. The molecule has 0 spiro atoms. The first kappa shape index (κ1) is 20.7. The molecule has 2 heterocycles. The molecule has 0 amide bonds. The second kappa shape index (κ2) is 7.46. The first-order valence-electron chi connectivity index (χ1n) is 10.4. The van der Waals surface area contributed by atoms with Gasteiger partial charge in [0.1, 0.15) is 17.9 Å². The molecule has 7 heteroatoms. The summed E-state index contributed by atoms with van der Waals surface area (Å²) in [5.74, 6) is -0.805. The number of hydrogen-bond donors (Lipinski definition) is 2. The molecule has 1 aromatic heterocycles. The van der Waals surface area contributed by atoms with Gasteiger partial charge >= 0.3 is 0 Å². The van der Waals surface area contributed by atoms with Crippen molar-refractivity contribution in [2.45, 2.75) is 30.9 Å². The molecular weight excluding hydrogens is 427 g/mol. The third-order valence-electron chi connectivity index (χ3n) is 6.30. The predicted octanol–water partition coefficient (Wildman–Crippen LogP) is 4.91. The number of anilines is 1. The van der Waals surface area contributed by atoms with Crippen molar-refractivity contribution >= 4 is 26.7 Å². The van der Waals surface area contributed by atoms with Gasteiger partial charge in [-0.1, -0.05) is 55.0 Å². The van der Waals surface area contributed by atoms with Crippen molar-refractivity contribution in [2.75, 3.05) is 4.31 Å². The molecule has 2 N–H and O–H groups in total. The van der Waals surface area contributed by atoms with Crippen LogP contribution >= 0.6 is 0 Å². The van der Waals surface area contributed by atoms with E-state index in [1.807, 2.05) is 38.1 Å². The van der Waals surface area contributed by atoms with Crippen LogP contribution in [0.15, 0.2) is 77.7 Å². The van der Waals surface area contributed by atoms with E-state index in [2.05, 4.69) is 4.98 Å². The lowest BCUT2D eigenvalue weighted by atomic mass is 9.78. The van der Waals surface area contributed by atoms with Crippen LogP contribution in [0.5, 0.6) is 0 Å². The SMILES string of the molecule is Cc1ccc(S(=O)(=O)N2c3[nH]c4ccccc4c3[C@H](c3ccc(F)cc3)[C@@H](C)[C@H]2O)cc1. The van der Waals surface area contributed by atoms with Crippen molar-refractivity contribution in [3.8, 4) is 0 Å². The summed E-state index contributed by atoms with van der Waals surface area (Å²) in [4.78, 5) is 3.34. The van der Waals surface area contributed by atoms with Gasteiger partial charge in [0.2, 0.25) is 0 Å². The Balaban J connectivity index is 1.77. The van der Waals surface area contributed by atoms with E-state index in [0.717, 1.165) is 31.9 Å². The van der Waals surface area contributed by atoms with E-state index in [1.165, 1.54) is 12.1 Å². The fourth-order valence-corrected chi connectivity index (χ4v) is 6.21. The monoisotopic (exact) mass is 450 g/mol. The molecular formula is C25H23FN2O3S. The number of halogens is 1. The second-order valence-electron chi connectivity index (χ2n) is 8.35. The van der Waals surface area contributed by atoms with Gasteiger partial charge in [0.05, 0.1) is 4.90 Å². The Morgan fingerprint density at radius 3 is 2.31 bits per heavy atom. The van der Waals surface area contributed by atoms with Crippen molar-refractivity contribution in [1.29, 1.82) is 0 Å². The normalized spacial score (nSPS) is 21.0. The van der Waals surface area contributed by atoms with Gasteiger partial charge in [-0.2, -0.15) is 0 Å². The van der Waals surface area contributed by atoms with Crippen LogP contribution in [-0.2, 0) is 10.0 Å². The summed E-state index contributed by atoms with van der Waals surface area (Å²) in [6.07, 6.45) is -1.31. The molecule has 32 heavy (non-hydrogen) atoms. The molecule has 0 unspecified atom stereocenters. The summed E-state index contributed by atoms with van der Waals surface area (Å²) in [5.41, 5.74) is 3.31. The quantitative estimate of drug-likeness (QED) is 0.466. The Morgan fingerprint density at radius 2 is 1.62 bits per heavy atom. The highest BCUT2D eigenvalue weighted by Gasteiger charge is 2.46. The highest BCUT2D eigenvalue weighted by Crippen LogP contribution is 2.49. The van der Waals surface area contributed by atoms with Gasteiger partial charge in [0.25, 0.3) is 10.0 Å². The first-order valence-corrected chi connectivity index (χ1v) is 11.9. The maximum atomic E-state index is 13.7. The number of aromatic nitrogens is 1. The number of sulfonamides is 1. The Kier molecular flexibility index (Phi) is 4.83. The zero-order chi connectivity index (χ0) is 22.6. The Hall–Kier alpha value is -3.16. The van der Waals surface area contributed by atoms with Crippen LogP contribution in [0, 0.1) is 18.7 Å². The number of hydrogen-bond acceptors (Lipinski definition) is 3. The summed E-state index contributed by atoms with van der Waals surface area (Å²) in [6.45, 7) is 3.71. The predicted molar refractivity (Wildman–Crippen MR) is 123 cm³/mol. The smallest absolute Gasteiger partial charge is 0.267 e. The van der Waals surface area contributed by atoms with Gasteiger partial charge in [0.15, 0.2) is 0 Å². The van der Waals surface area contributed by atoms with Gasteiger partial charge in [-0.15, -0.1) is 0 Å². The average Bonchev–Trinajstić information content (AvgIpc) is 3.14. The summed E-state index contributed by atoms with van der Waals surface area (Å²) < 4.78 is 42.1. The van der Waals surface area contributed by atoms with Crippen molar-refractivity contribution in [1.82, 2.24) is 4.98 Å². The number of fused-ring (bicyclic) bond motifs is 3. The van der Waals surface area contributed by atoms with Gasteiger partial charge in [-0.25, -0.2) is 17.1 Å². The van der Waals surface area contributed by atoms with E-state index >= 15 is 0 Å². The molecule has 1 aliphatic heterocycles. The van der Waals surface area contributed by atoms with Crippen molar-refractivity contribution < 1.29 is 17.9 Å². The lowest BCUT2D eigenvalue weighted by Gasteiger charge is -2.41. The average molecular weight is 451 g/mol.